The van der Waals surface area contributed by atoms with Gasteiger partial charge in [0.05, 0.1) is 11.7 Å². The molecule has 0 unspecified atom stereocenters. The molecule has 0 radical (unpaired) electrons. The molecule has 120 valence electrons. The van der Waals surface area contributed by atoms with E-state index >= 15 is 0 Å². The Hall–Kier alpha value is -1.88. The molecule has 0 amide bonds. The van der Waals surface area contributed by atoms with Crippen LogP contribution in [-0.2, 0) is 6.42 Å². The van der Waals surface area contributed by atoms with Crippen LogP contribution >= 0.6 is 15.9 Å². The van der Waals surface area contributed by atoms with E-state index in [-0.39, 0.29) is 0 Å². The van der Waals surface area contributed by atoms with Gasteiger partial charge >= 0.3 is 0 Å². The largest absolute Gasteiger partial charge is 0.384 e. The molecule has 3 aromatic rings. The second-order valence-electron chi connectivity index (χ2n) is 5.91. The zero-order valence-electron chi connectivity index (χ0n) is 13.7. The number of aromatic nitrogens is 3. The van der Waals surface area contributed by atoms with Crippen molar-refractivity contribution < 1.29 is 0 Å². The molecular formula is C18H21BrN4. The normalized spacial score (nSPS) is 11.1. The van der Waals surface area contributed by atoms with Gasteiger partial charge < -0.3 is 5.32 Å². The first-order chi connectivity index (χ1) is 11.1. The number of rotatable bonds is 5. The number of nitrogens with zero attached hydrogens (tertiary/aromatic N) is 2. The number of hydrogen-bond donors (Lipinski definition) is 2. The second kappa shape index (κ2) is 6.71. The fourth-order valence-corrected chi connectivity index (χ4v) is 3.16. The van der Waals surface area contributed by atoms with Gasteiger partial charge in [-0.05, 0) is 62.9 Å². The van der Waals surface area contributed by atoms with Gasteiger partial charge in [-0.2, -0.15) is 5.10 Å². The van der Waals surface area contributed by atoms with Crippen LogP contribution in [-0.4, -0.2) is 21.7 Å². The molecule has 0 aliphatic carbocycles. The van der Waals surface area contributed by atoms with Crippen molar-refractivity contribution in [3.63, 3.8) is 0 Å². The molecule has 2 N–H and O–H groups in total. The fourth-order valence-electron chi connectivity index (χ4n) is 2.80. The van der Waals surface area contributed by atoms with Gasteiger partial charge in [-0.15, -0.1) is 0 Å². The van der Waals surface area contributed by atoms with E-state index in [0.29, 0.717) is 0 Å². The molecule has 5 heteroatoms. The molecule has 0 aliphatic heterocycles. The summed E-state index contributed by atoms with van der Waals surface area (Å²) in [6, 6.07) is 6.23. The van der Waals surface area contributed by atoms with E-state index in [0.717, 1.165) is 40.8 Å². The topological polar surface area (TPSA) is 53.6 Å². The lowest BCUT2D eigenvalue weighted by Crippen LogP contribution is -2.07. The third kappa shape index (κ3) is 3.39. The average molecular weight is 373 g/mol. The molecule has 3 rings (SSSR count). The van der Waals surface area contributed by atoms with E-state index in [9.17, 15) is 0 Å². The van der Waals surface area contributed by atoms with Crippen LogP contribution < -0.4 is 5.32 Å². The predicted octanol–water partition coefficient (Wildman–Crippen LogP) is 4.69. The third-order valence-corrected chi connectivity index (χ3v) is 4.79. The van der Waals surface area contributed by atoms with E-state index in [2.05, 4.69) is 69.3 Å². The molecule has 0 fully saturated rings. The van der Waals surface area contributed by atoms with Gasteiger partial charge in [-0.3, -0.25) is 10.1 Å². The van der Waals surface area contributed by atoms with Crippen molar-refractivity contribution in [3.8, 4) is 0 Å². The van der Waals surface area contributed by atoms with E-state index in [1.165, 1.54) is 22.2 Å². The number of nitrogens with one attached hydrogen (secondary N) is 2. The van der Waals surface area contributed by atoms with Crippen LogP contribution in [0, 0.1) is 20.8 Å². The van der Waals surface area contributed by atoms with Gasteiger partial charge in [0, 0.05) is 33.5 Å². The van der Waals surface area contributed by atoms with Crippen LogP contribution in [0.25, 0.3) is 10.9 Å². The first-order valence-corrected chi connectivity index (χ1v) is 8.64. The summed E-state index contributed by atoms with van der Waals surface area (Å²) < 4.78 is 1.08. The summed E-state index contributed by atoms with van der Waals surface area (Å²) in [5.41, 5.74) is 6.97. The number of pyridine rings is 1. The van der Waals surface area contributed by atoms with Crippen LogP contribution in [0.15, 0.2) is 28.9 Å². The van der Waals surface area contributed by atoms with E-state index in [1.54, 1.807) is 0 Å². The van der Waals surface area contributed by atoms with Crippen LogP contribution in [0.2, 0.25) is 0 Å². The standard InChI is InChI=1S/C18H21BrN4/c1-11-12(2)22-17-7-6-15(19)9-16(17)18(11)20-8-4-5-14-10-21-23-13(14)3/h6-7,9-10H,4-5,8H2,1-3H3,(H,20,22)(H,21,23). The zero-order valence-corrected chi connectivity index (χ0v) is 15.3. The molecule has 4 nitrogen and oxygen atoms in total. The summed E-state index contributed by atoms with van der Waals surface area (Å²) in [6.07, 6.45) is 4.01. The van der Waals surface area contributed by atoms with Gasteiger partial charge in [0.15, 0.2) is 0 Å². The van der Waals surface area contributed by atoms with Crippen LogP contribution in [0.1, 0.15) is 28.9 Å². The number of halogens is 1. The van der Waals surface area contributed by atoms with Gasteiger partial charge in [0.2, 0.25) is 0 Å². The molecule has 0 bridgehead atoms. The number of aromatic amines is 1. The summed E-state index contributed by atoms with van der Waals surface area (Å²) in [4.78, 5) is 4.68. The van der Waals surface area contributed by atoms with Crippen molar-refractivity contribution in [2.75, 3.05) is 11.9 Å². The van der Waals surface area contributed by atoms with Gasteiger partial charge in [-0.1, -0.05) is 15.9 Å². The monoisotopic (exact) mass is 372 g/mol. The minimum atomic E-state index is 0.927. The Kier molecular flexibility index (Phi) is 4.66. The van der Waals surface area contributed by atoms with Crippen molar-refractivity contribution in [3.05, 3.63) is 51.4 Å². The van der Waals surface area contributed by atoms with Crippen LogP contribution in [0.3, 0.4) is 0 Å². The maximum atomic E-state index is 4.68. The first kappa shape index (κ1) is 16.0. The van der Waals surface area contributed by atoms with E-state index in [4.69, 9.17) is 0 Å². The minimum absolute atomic E-state index is 0.927. The van der Waals surface area contributed by atoms with E-state index in [1.807, 2.05) is 12.3 Å². The molecule has 0 spiro atoms. The molecule has 0 saturated carbocycles. The van der Waals surface area contributed by atoms with Gasteiger partial charge in [-0.25, -0.2) is 0 Å². The Morgan fingerprint density at radius 2 is 2.04 bits per heavy atom. The summed E-state index contributed by atoms with van der Waals surface area (Å²) in [5, 5.41) is 11.8. The first-order valence-electron chi connectivity index (χ1n) is 7.85. The summed E-state index contributed by atoms with van der Waals surface area (Å²) in [5.74, 6) is 0. The Morgan fingerprint density at radius 1 is 1.22 bits per heavy atom. The number of benzene rings is 1. The maximum Gasteiger partial charge on any atom is 0.0726 e. The Labute approximate surface area is 144 Å². The smallest absolute Gasteiger partial charge is 0.0726 e. The van der Waals surface area contributed by atoms with Crippen molar-refractivity contribution >= 4 is 32.5 Å². The number of H-pyrrole nitrogens is 1. The fraction of sp³-hybridized carbons (Fsp3) is 0.333. The van der Waals surface area contributed by atoms with Crippen molar-refractivity contribution in [1.29, 1.82) is 0 Å². The van der Waals surface area contributed by atoms with E-state index < -0.39 is 0 Å². The highest BCUT2D eigenvalue weighted by Gasteiger charge is 2.09. The lowest BCUT2D eigenvalue weighted by atomic mass is 10.1. The molecule has 0 saturated heterocycles. The summed E-state index contributed by atoms with van der Waals surface area (Å²) in [7, 11) is 0. The Balaban J connectivity index is 1.77. The summed E-state index contributed by atoms with van der Waals surface area (Å²) in [6.45, 7) is 7.19. The second-order valence-corrected chi connectivity index (χ2v) is 6.82. The van der Waals surface area contributed by atoms with Gasteiger partial charge in [0.25, 0.3) is 0 Å². The predicted molar refractivity (Wildman–Crippen MR) is 99.1 cm³/mol. The highest BCUT2D eigenvalue weighted by atomic mass is 79.9. The number of hydrogen-bond acceptors (Lipinski definition) is 3. The molecule has 0 aliphatic rings. The Bertz CT molecular complexity index is 838. The lowest BCUT2D eigenvalue weighted by Gasteiger charge is -2.15. The van der Waals surface area contributed by atoms with Crippen molar-refractivity contribution in [1.82, 2.24) is 15.2 Å². The summed E-state index contributed by atoms with van der Waals surface area (Å²) >= 11 is 3.56. The molecule has 2 aromatic heterocycles. The van der Waals surface area contributed by atoms with Gasteiger partial charge in [0.1, 0.15) is 0 Å². The SMILES string of the molecule is Cc1nc2ccc(Br)cc2c(NCCCc2cn[nH]c2C)c1C. The number of fused-ring (bicyclic) bond motifs is 1. The van der Waals surface area contributed by atoms with Crippen LogP contribution in [0.5, 0.6) is 0 Å². The molecule has 0 atom stereocenters. The highest BCUT2D eigenvalue weighted by Crippen LogP contribution is 2.30. The molecule has 1 aromatic carbocycles. The van der Waals surface area contributed by atoms with Crippen LogP contribution in [0.4, 0.5) is 5.69 Å². The molecule has 23 heavy (non-hydrogen) atoms. The highest BCUT2D eigenvalue weighted by molar-refractivity contribution is 9.10. The minimum Gasteiger partial charge on any atom is -0.384 e. The number of aryl methyl sites for hydroxylation is 3. The molecular weight excluding hydrogens is 352 g/mol. The van der Waals surface area contributed by atoms with Crippen molar-refractivity contribution in [2.45, 2.75) is 33.6 Å². The lowest BCUT2D eigenvalue weighted by molar-refractivity contribution is 0.857. The third-order valence-electron chi connectivity index (χ3n) is 4.29. The quantitative estimate of drug-likeness (QED) is 0.638. The number of anilines is 1. The maximum absolute atomic E-state index is 4.68. The average Bonchev–Trinajstić information content (AvgIpc) is 2.93. The van der Waals surface area contributed by atoms with Crippen molar-refractivity contribution in [2.24, 2.45) is 0 Å². The Morgan fingerprint density at radius 3 is 2.78 bits per heavy atom. The zero-order chi connectivity index (χ0) is 16.4. The molecule has 2 heterocycles.